The maximum atomic E-state index is 12.3. The third-order valence-corrected chi connectivity index (χ3v) is 5.63. The minimum absolute atomic E-state index is 0.00567. The van der Waals surface area contributed by atoms with Gasteiger partial charge in [-0.3, -0.25) is 4.79 Å². The summed E-state index contributed by atoms with van der Waals surface area (Å²) in [6.07, 6.45) is 2.31. The van der Waals surface area contributed by atoms with E-state index in [9.17, 15) is 9.59 Å². The van der Waals surface area contributed by atoms with Gasteiger partial charge in [-0.2, -0.15) is 0 Å². The van der Waals surface area contributed by atoms with E-state index in [0.29, 0.717) is 26.2 Å². The fourth-order valence-electron chi connectivity index (χ4n) is 3.13. The summed E-state index contributed by atoms with van der Waals surface area (Å²) in [7, 11) is 0. The predicted molar refractivity (Wildman–Crippen MR) is 104 cm³/mol. The molecule has 1 aliphatic rings. The van der Waals surface area contributed by atoms with E-state index < -0.39 is 0 Å². The Hall–Kier alpha value is -2.34. The van der Waals surface area contributed by atoms with Crippen molar-refractivity contribution in [3.63, 3.8) is 0 Å². The molecule has 5 nitrogen and oxygen atoms in total. The lowest BCUT2D eigenvalue weighted by Gasteiger charge is -2.31. The fraction of sp³-hybridized carbons (Fsp3) is 0.400. The number of piperidine rings is 1. The molecule has 2 aromatic rings. The molecule has 3 amide bonds. The molecule has 0 aliphatic carbocycles. The van der Waals surface area contributed by atoms with E-state index in [4.69, 9.17) is 0 Å². The van der Waals surface area contributed by atoms with E-state index in [2.05, 4.69) is 16.7 Å². The summed E-state index contributed by atoms with van der Waals surface area (Å²) in [6.45, 7) is 2.47. The van der Waals surface area contributed by atoms with Crippen molar-refractivity contribution in [3.05, 3.63) is 58.3 Å². The summed E-state index contributed by atoms with van der Waals surface area (Å²) in [4.78, 5) is 27.6. The Kier molecular flexibility index (Phi) is 6.66. The SMILES string of the molecule is O=C(NCc1ccccc1)C1CCN(C(=O)NCCc2cccs2)CC1. The number of benzene rings is 1. The van der Waals surface area contributed by atoms with Crippen LogP contribution in [0, 0.1) is 5.92 Å². The van der Waals surface area contributed by atoms with Gasteiger partial charge in [-0.1, -0.05) is 36.4 Å². The Morgan fingerprint density at radius 1 is 1.04 bits per heavy atom. The van der Waals surface area contributed by atoms with Crippen molar-refractivity contribution in [2.45, 2.75) is 25.8 Å². The summed E-state index contributed by atoms with van der Waals surface area (Å²) in [6, 6.07) is 14.0. The van der Waals surface area contributed by atoms with Gasteiger partial charge in [0.05, 0.1) is 0 Å². The van der Waals surface area contributed by atoms with Crippen molar-refractivity contribution >= 4 is 23.3 Å². The molecule has 1 aliphatic heterocycles. The van der Waals surface area contributed by atoms with Gasteiger partial charge >= 0.3 is 6.03 Å². The fourth-order valence-corrected chi connectivity index (χ4v) is 3.84. The van der Waals surface area contributed by atoms with Crippen LogP contribution in [-0.4, -0.2) is 36.5 Å². The van der Waals surface area contributed by atoms with Gasteiger partial charge in [-0.05, 0) is 36.3 Å². The lowest BCUT2D eigenvalue weighted by atomic mass is 9.96. The molecule has 3 rings (SSSR count). The van der Waals surface area contributed by atoms with Gasteiger partial charge in [0.15, 0.2) is 0 Å². The first-order valence-electron chi connectivity index (χ1n) is 9.09. The monoisotopic (exact) mass is 371 g/mol. The molecule has 0 saturated carbocycles. The summed E-state index contributed by atoms with van der Waals surface area (Å²) < 4.78 is 0. The zero-order chi connectivity index (χ0) is 18.2. The highest BCUT2D eigenvalue weighted by molar-refractivity contribution is 7.09. The highest BCUT2D eigenvalue weighted by Gasteiger charge is 2.27. The molecule has 26 heavy (non-hydrogen) atoms. The minimum atomic E-state index is -0.0234. The second-order valence-electron chi connectivity index (χ2n) is 6.53. The van der Waals surface area contributed by atoms with E-state index >= 15 is 0 Å². The molecule has 2 heterocycles. The summed E-state index contributed by atoms with van der Waals surface area (Å²) in [5, 5.41) is 8.03. The molecular formula is C20H25N3O2S. The number of nitrogens with one attached hydrogen (secondary N) is 2. The van der Waals surface area contributed by atoms with Gasteiger partial charge in [-0.25, -0.2) is 4.79 Å². The normalized spacial score (nSPS) is 14.8. The molecule has 1 fully saturated rings. The van der Waals surface area contributed by atoms with Gasteiger partial charge in [0.2, 0.25) is 5.91 Å². The number of hydrogen-bond acceptors (Lipinski definition) is 3. The third-order valence-electron chi connectivity index (χ3n) is 4.69. The van der Waals surface area contributed by atoms with Gasteiger partial charge in [-0.15, -0.1) is 11.3 Å². The Morgan fingerprint density at radius 3 is 2.50 bits per heavy atom. The number of carbonyl (C=O) groups excluding carboxylic acids is 2. The Morgan fingerprint density at radius 2 is 1.81 bits per heavy atom. The third kappa shape index (κ3) is 5.33. The van der Waals surface area contributed by atoms with Crippen molar-refractivity contribution in [1.29, 1.82) is 0 Å². The summed E-state index contributed by atoms with van der Waals surface area (Å²) in [5.74, 6) is 0.0838. The lowest BCUT2D eigenvalue weighted by Crippen LogP contribution is -2.47. The quantitative estimate of drug-likeness (QED) is 0.820. The van der Waals surface area contributed by atoms with Crippen LogP contribution in [0.2, 0.25) is 0 Å². The summed E-state index contributed by atoms with van der Waals surface area (Å²) >= 11 is 1.71. The molecule has 0 unspecified atom stereocenters. The van der Waals surface area contributed by atoms with Crippen LogP contribution >= 0.6 is 11.3 Å². The van der Waals surface area contributed by atoms with Crippen LogP contribution in [0.5, 0.6) is 0 Å². The first-order chi connectivity index (χ1) is 12.7. The van der Waals surface area contributed by atoms with E-state index in [1.807, 2.05) is 46.7 Å². The van der Waals surface area contributed by atoms with Crippen molar-refractivity contribution in [3.8, 4) is 0 Å². The average molecular weight is 372 g/mol. The molecule has 6 heteroatoms. The lowest BCUT2D eigenvalue weighted by molar-refractivity contribution is -0.126. The first kappa shape index (κ1) is 18.5. The van der Waals surface area contributed by atoms with Crippen molar-refractivity contribution in [2.75, 3.05) is 19.6 Å². The zero-order valence-electron chi connectivity index (χ0n) is 14.8. The number of nitrogens with zero attached hydrogens (tertiary/aromatic N) is 1. The molecule has 0 atom stereocenters. The highest BCUT2D eigenvalue weighted by Crippen LogP contribution is 2.17. The molecule has 0 spiro atoms. The Bertz CT molecular complexity index is 695. The van der Waals surface area contributed by atoms with Gasteiger partial charge in [0, 0.05) is 37.0 Å². The maximum Gasteiger partial charge on any atom is 0.317 e. The second kappa shape index (κ2) is 9.38. The molecule has 2 N–H and O–H groups in total. The van der Waals surface area contributed by atoms with E-state index in [1.54, 1.807) is 11.3 Å². The van der Waals surface area contributed by atoms with Crippen LogP contribution in [0.1, 0.15) is 23.3 Å². The van der Waals surface area contributed by atoms with Gasteiger partial charge in [0.25, 0.3) is 0 Å². The number of thiophene rings is 1. The van der Waals surface area contributed by atoms with Crippen LogP contribution in [0.3, 0.4) is 0 Å². The molecule has 0 bridgehead atoms. The van der Waals surface area contributed by atoms with E-state index in [0.717, 1.165) is 24.8 Å². The smallest absolute Gasteiger partial charge is 0.317 e. The van der Waals surface area contributed by atoms with Gasteiger partial charge < -0.3 is 15.5 Å². The molecule has 1 aromatic carbocycles. The highest BCUT2D eigenvalue weighted by atomic mass is 32.1. The van der Waals surface area contributed by atoms with Crippen LogP contribution < -0.4 is 10.6 Å². The predicted octanol–water partition coefficient (Wildman–Crippen LogP) is 3.03. The van der Waals surface area contributed by atoms with Crippen molar-refractivity contribution < 1.29 is 9.59 Å². The largest absolute Gasteiger partial charge is 0.352 e. The Labute approximate surface area is 158 Å². The number of rotatable bonds is 6. The molecule has 1 saturated heterocycles. The van der Waals surface area contributed by atoms with Crippen LogP contribution in [0.4, 0.5) is 4.79 Å². The molecule has 0 radical (unpaired) electrons. The number of urea groups is 1. The van der Waals surface area contributed by atoms with Crippen molar-refractivity contribution in [1.82, 2.24) is 15.5 Å². The molecule has 138 valence electrons. The number of likely N-dealkylation sites (tertiary alicyclic amines) is 1. The average Bonchev–Trinajstić information content (AvgIpc) is 3.20. The van der Waals surface area contributed by atoms with Crippen LogP contribution in [0.25, 0.3) is 0 Å². The standard InChI is InChI=1S/C20H25N3O2S/c24-19(22-15-16-5-2-1-3-6-16)17-9-12-23(13-10-17)20(25)21-11-8-18-7-4-14-26-18/h1-7,14,17H,8-13,15H2,(H,21,25)(H,22,24). The number of carbonyl (C=O) groups is 2. The number of hydrogen-bond donors (Lipinski definition) is 2. The second-order valence-corrected chi connectivity index (χ2v) is 7.56. The zero-order valence-corrected chi connectivity index (χ0v) is 15.6. The minimum Gasteiger partial charge on any atom is -0.352 e. The first-order valence-corrected chi connectivity index (χ1v) is 9.97. The van der Waals surface area contributed by atoms with E-state index in [1.165, 1.54) is 4.88 Å². The Balaban J connectivity index is 1.35. The van der Waals surface area contributed by atoms with Crippen LogP contribution in [-0.2, 0) is 17.8 Å². The maximum absolute atomic E-state index is 12.3. The summed E-state index contributed by atoms with van der Waals surface area (Å²) in [5.41, 5.74) is 1.10. The van der Waals surface area contributed by atoms with E-state index in [-0.39, 0.29) is 17.9 Å². The molecule has 1 aromatic heterocycles. The van der Waals surface area contributed by atoms with Crippen LogP contribution in [0.15, 0.2) is 47.8 Å². The molecular weight excluding hydrogens is 346 g/mol. The number of amides is 3. The van der Waals surface area contributed by atoms with Crippen molar-refractivity contribution in [2.24, 2.45) is 5.92 Å². The topological polar surface area (TPSA) is 61.4 Å². The van der Waals surface area contributed by atoms with Gasteiger partial charge in [0.1, 0.15) is 0 Å².